The summed E-state index contributed by atoms with van der Waals surface area (Å²) in [6, 6.07) is 6.70. The fourth-order valence-electron chi connectivity index (χ4n) is 2.85. The Morgan fingerprint density at radius 2 is 2.19 bits per heavy atom. The quantitative estimate of drug-likeness (QED) is 0.844. The van der Waals surface area contributed by atoms with Crippen LogP contribution < -0.4 is 10.6 Å². The average Bonchev–Trinajstić information content (AvgIpc) is 2.29. The standard InChI is InChI=1S/C14H22N2/c1-16(2)14-8-4-6-12-11(9-10-15)5-3-7-13(12)14/h4,6,8,11H,3,5,7,9-10,15H2,1-2H3. The molecule has 1 aromatic carbocycles. The van der Waals surface area contributed by atoms with Crippen LogP contribution in [-0.4, -0.2) is 20.6 Å². The molecule has 2 heteroatoms. The fourth-order valence-corrected chi connectivity index (χ4v) is 2.85. The minimum absolute atomic E-state index is 0.689. The van der Waals surface area contributed by atoms with E-state index in [2.05, 4.69) is 37.2 Å². The van der Waals surface area contributed by atoms with E-state index >= 15 is 0 Å². The highest BCUT2D eigenvalue weighted by Gasteiger charge is 2.21. The molecule has 88 valence electrons. The summed E-state index contributed by atoms with van der Waals surface area (Å²) in [6.45, 7) is 0.802. The van der Waals surface area contributed by atoms with Gasteiger partial charge in [-0.2, -0.15) is 0 Å². The molecule has 0 saturated heterocycles. The van der Waals surface area contributed by atoms with E-state index in [0.29, 0.717) is 5.92 Å². The number of nitrogens with zero attached hydrogens (tertiary/aromatic N) is 1. The Balaban J connectivity index is 2.38. The fraction of sp³-hybridized carbons (Fsp3) is 0.571. The summed E-state index contributed by atoms with van der Waals surface area (Å²) >= 11 is 0. The molecule has 0 heterocycles. The zero-order valence-corrected chi connectivity index (χ0v) is 10.4. The van der Waals surface area contributed by atoms with Gasteiger partial charge in [-0.05, 0) is 55.3 Å². The molecule has 0 radical (unpaired) electrons. The second-order valence-electron chi connectivity index (χ2n) is 4.91. The lowest BCUT2D eigenvalue weighted by molar-refractivity contribution is 0.526. The first-order valence-corrected chi connectivity index (χ1v) is 6.23. The van der Waals surface area contributed by atoms with Crippen molar-refractivity contribution in [3.8, 4) is 0 Å². The monoisotopic (exact) mass is 218 g/mol. The van der Waals surface area contributed by atoms with E-state index in [1.165, 1.54) is 24.9 Å². The van der Waals surface area contributed by atoms with E-state index in [1.807, 2.05) is 0 Å². The van der Waals surface area contributed by atoms with E-state index < -0.39 is 0 Å². The van der Waals surface area contributed by atoms with E-state index in [-0.39, 0.29) is 0 Å². The smallest absolute Gasteiger partial charge is 0.0396 e. The highest BCUT2D eigenvalue weighted by molar-refractivity contribution is 5.57. The second-order valence-corrected chi connectivity index (χ2v) is 4.91. The zero-order valence-electron chi connectivity index (χ0n) is 10.4. The van der Waals surface area contributed by atoms with Crippen molar-refractivity contribution in [1.82, 2.24) is 0 Å². The summed E-state index contributed by atoms with van der Waals surface area (Å²) < 4.78 is 0. The van der Waals surface area contributed by atoms with E-state index in [1.54, 1.807) is 11.1 Å². The lowest BCUT2D eigenvalue weighted by Crippen LogP contribution is -2.18. The molecule has 1 atom stereocenters. The van der Waals surface area contributed by atoms with Gasteiger partial charge in [0, 0.05) is 19.8 Å². The van der Waals surface area contributed by atoms with Crippen LogP contribution in [0.15, 0.2) is 18.2 Å². The van der Waals surface area contributed by atoms with Crippen LogP contribution in [0.5, 0.6) is 0 Å². The number of hydrogen-bond donors (Lipinski definition) is 1. The van der Waals surface area contributed by atoms with Gasteiger partial charge in [0.05, 0.1) is 0 Å². The van der Waals surface area contributed by atoms with Crippen LogP contribution in [0.2, 0.25) is 0 Å². The summed E-state index contributed by atoms with van der Waals surface area (Å²) in [6.07, 6.45) is 4.97. The van der Waals surface area contributed by atoms with Crippen molar-refractivity contribution < 1.29 is 0 Å². The van der Waals surface area contributed by atoms with Crippen LogP contribution in [0.4, 0.5) is 5.69 Å². The van der Waals surface area contributed by atoms with Crippen molar-refractivity contribution in [2.45, 2.75) is 31.6 Å². The summed E-state index contributed by atoms with van der Waals surface area (Å²) in [4.78, 5) is 2.23. The number of rotatable bonds is 3. The van der Waals surface area contributed by atoms with E-state index in [9.17, 15) is 0 Å². The molecule has 1 unspecified atom stereocenters. The Morgan fingerprint density at radius 3 is 2.88 bits per heavy atom. The Hall–Kier alpha value is -1.02. The predicted octanol–water partition coefficient (Wildman–Crippen LogP) is 2.52. The number of hydrogen-bond acceptors (Lipinski definition) is 2. The van der Waals surface area contributed by atoms with Crippen LogP contribution in [-0.2, 0) is 6.42 Å². The maximum absolute atomic E-state index is 5.70. The molecule has 2 rings (SSSR count). The van der Waals surface area contributed by atoms with Gasteiger partial charge in [-0.3, -0.25) is 0 Å². The lowest BCUT2D eigenvalue weighted by Gasteiger charge is -2.29. The lowest BCUT2D eigenvalue weighted by atomic mass is 9.80. The molecule has 2 nitrogen and oxygen atoms in total. The number of nitrogens with two attached hydrogens (primary N) is 1. The summed E-state index contributed by atoms with van der Waals surface area (Å²) in [7, 11) is 4.25. The minimum Gasteiger partial charge on any atom is -0.377 e. The molecule has 0 fully saturated rings. The average molecular weight is 218 g/mol. The molecule has 2 N–H and O–H groups in total. The maximum atomic E-state index is 5.70. The van der Waals surface area contributed by atoms with E-state index in [0.717, 1.165) is 13.0 Å². The molecule has 1 aliphatic carbocycles. The number of benzene rings is 1. The Morgan fingerprint density at radius 1 is 1.38 bits per heavy atom. The van der Waals surface area contributed by atoms with Crippen LogP contribution in [0.3, 0.4) is 0 Å². The molecule has 1 aliphatic rings. The molecular weight excluding hydrogens is 196 g/mol. The third-order valence-corrected chi connectivity index (χ3v) is 3.60. The molecule has 0 spiro atoms. The first-order chi connectivity index (χ1) is 7.74. The van der Waals surface area contributed by atoms with Gasteiger partial charge < -0.3 is 10.6 Å². The number of anilines is 1. The van der Waals surface area contributed by atoms with Gasteiger partial charge in [0.25, 0.3) is 0 Å². The SMILES string of the molecule is CN(C)c1cccc2c1CCCC2CCN. The Labute approximate surface area is 98.4 Å². The third kappa shape index (κ3) is 2.07. The van der Waals surface area contributed by atoms with Crippen LogP contribution in [0, 0.1) is 0 Å². The molecule has 1 aromatic rings. The molecule has 0 aromatic heterocycles. The van der Waals surface area contributed by atoms with Crippen LogP contribution in [0.1, 0.15) is 36.3 Å². The largest absolute Gasteiger partial charge is 0.377 e. The van der Waals surface area contributed by atoms with Gasteiger partial charge in [0.15, 0.2) is 0 Å². The molecule has 0 bridgehead atoms. The first kappa shape index (κ1) is 11.5. The van der Waals surface area contributed by atoms with Gasteiger partial charge in [0.1, 0.15) is 0 Å². The Kier molecular flexibility index (Phi) is 3.49. The third-order valence-electron chi connectivity index (χ3n) is 3.60. The van der Waals surface area contributed by atoms with Crippen molar-refractivity contribution in [1.29, 1.82) is 0 Å². The van der Waals surface area contributed by atoms with Crippen molar-refractivity contribution in [3.05, 3.63) is 29.3 Å². The van der Waals surface area contributed by atoms with Gasteiger partial charge in [-0.15, -0.1) is 0 Å². The highest BCUT2D eigenvalue weighted by Crippen LogP contribution is 2.37. The molecular formula is C14H22N2. The van der Waals surface area contributed by atoms with Crippen molar-refractivity contribution in [3.63, 3.8) is 0 Å². The summed E-state index contributed by atoms with van der Waals surface area (Å²) in [5.74, 6) is 0.689. The summed E-state index contributed by atoms with van der Waals surface area (Å²) in [5.41, 5.74) is 10.2. The Bertz CT molecular complexity index is 358. The highest BCUT2D eigenvalue weighted by atomic mass is 15.1. The summed E-state index contributed by atoms with van der Waals surface area (Å²) in [5, 5.41) is 0. The van der Waals surface area contributed by atoms with Gasteiger partial charge in [-0.25, -0.2) is 0 Å². The van der Waals surface area contributed by atoms with Crippen molar-refractivity contribution >= 4 is 5.69 Å². The number of fused-ring (bicyclic) bond motifs is 1. The second kappa shape index (κ2) is 4.88. The molecule has 0 amide bonds. The normalized spacial score (nSPS) is 19.3. The molecule has 16 heavy (non-hydrogen) atoms. The van der Waals surface area contributed by atoms with Crippen molar-refractivity contribution in [2.24, 2.45) is 5.73 Å². The van der Waals surface area contributed by atoms with Gasteiger partial charge in [-0.1, -0.05) is 12.1 Å². The molecule has 0 aliphatic heterocycles. The van der Waals surface area contributed by atoms with Gasteiger partial charge >= 0.3 is 0 Å². The topological polar surface area (TPSA) is 29.3 Å². The predicted molar refractivity (Wildman–Crippen MR) is 70.1 cm³/mol. The maximum Gasteiger partial charge on any atom is 0.0396 e. The van der Waals surface area contributed by atoms with E-state index in [4.69, 9.17) is 5.73 Å². The minimum atomic E-state index is 0.689. The first-order valence-electron chi connectivity index (χ1n) is 6.23. The zero-order chi connectivity index (χ0) is 11.5. The van der Waals surface area contributed by atoms with Gasteiger partial charge in [0.2, 0.25) is 0 Å². The van der Waals surface area contributed by atoms with Crippen molar-refractivity contribution in [2.75, 3.05) is 25.5 Å². The van der Waals surface area contributed by atoms with Crippen LogP contribution >= 0.6 is 0 Å². The van der Waals surface area contributed by atoms with Crippen LogP contribution in [0.25, 0.3) is 0 Å². The molecule has 0 saturated carbocycles.